The van der Waals surface area contributed by atoms with Gasteiger partial charge in [0.2, 0.25) is 5.91 Å². The Bertz CT molecular complexity index is 445. The molecule has 0 radical (unpaired) electrons. The van der Waals surface area contributed by atoms with Gasteiger partial charge in [-0.2, -0.15) is 0 Å². The normalized spacial score (nSPS) is 17.1. The fourth-order valence-electron chi connectivity index (χ4n) is 2.49. The first-order valence-corrected chi connectivity index (χ1v) is 7.55. The number of rotatable bonds is 3. The number of hydrogen-bond acceptors (Lipinski definition) is 2. The van der Waals surface area contributed by atoms with Crippen LogP contribution in [0.3, 0.4) is 0 Å². The first-order chi connectivity index (χ1) is 9.47. The van der Waals surface area contributed by atoms with Gasteiger partial charge in [0.1, 0.15) is 0 Å². The van der Waals surface area contributed by atoms with Gasteiger partial charge in [-0.1, -0.05) is 45.0 Å². The first-order valence-electron chi connectivity index (χ1n) is 7.55. The molecule has 3 heteroatoms. The molecule has 0 aliphatic carbocycles. The Morgan fingerprint density at radius 3 is 2.50 bits per heavy atom. The van der Waals surface area contributed by atoms with E-state index in [0.29, 0.717) is 6.42 Å². The van der Waals surface area contributed by atoms with Gasteiger partial charge in [0.15, 0.2) is 0 Å². The monoisotopic (exact) mass is 274 g/mol. The molecule has 0 unspecified atom stereocenters. The van der Waals surface area contributed by atoms with Crippen molar-refractivity contribution in [3.63, 3.8) is 0 Å². The van der Waals surface area contributed by atoms with E-state index < -0.39 is 0 Å². The largest absolute Gasteiger partial charge is 0.341 e. The molecule has 2 rings (SSSR count). The fourth-order valence-corrected chi connectivity index (χ4v) is 2.49. The lowest BCUT2D eigenvalue weighted by atomic mass is 9.86. The van der Waals surface area contributed by atoms with E-state index in [0.717, 1.165) is 32.6 Å². The highest BCUT2D eigenvalue weighted by molar-refractivity contribution is 5.76. The molecule has 1 heterocycles. The zero-order valence-corrected chi connectivity index (χ0v) is 12.9. The van der Waals surface area contributed by atoms with Crippen LogP contribution in [0.5, 0.6) is 0 Å². The van der Waals surface area contributed by atoms with E-state index in [1.807, 2.05) is 4.90 Å². The summed E-state index contributed by atoms with van der Waals surface area (Å²) < 4.78 is 0. The molecule has 1 aliphatic heterocycles. The molecule has 1 aliphatic rings. The van der Waals surface area contributed by atoms with Gasteiger partial charge >= 0.3 is 0 Å². The van der Waals surface area contributed by atoms with E-state index in [1.54, 1.807) is 0 Å². The number of hydrogen-bond donors (Lipinski definition) is 1. The van der Waals surface area contributed by atoms with Gasteiger partial charge in [0.25, 0.3) is 0 Å². The molecule has 0 aromatic heterocycles. The van der Waals surface area contributed by atoms with Crippen molar-refractivity contribution in [2.45, 2.75) is 39.0 Å². The molecule has 1 aromatic carbocycles. The second kappa shape index (κ2) is 6.40. The summed E-state index contributed by atoms with van der Waals surface area (Å²) in [7, 11) is 0. The Labute approximate surface area is 122 Å². The average Bonchev–Trinajstić information content (AvgIpc) is 2.61. The third-order valence-corrected chi connectivity index (χ3v) is 3.92. The Kier molecular flexibility index (Phi) is 4.81. The predicted octanol–water partition coefficient (Wildman–Crippen LogP) is 2.35. The molecule has 1 fully saturated rings. The van der Waals surface area contributed by atoms with E-state index in [1.165, 1.54) is 11.1 Å². The van der Waals surface area contributed by atoms with Crippen LogP contribution in [0.4, 0.5) is 0 Å². The molecule has 0 spiro atoms. The van der Waals surface area contributed by atoms with Gasteiger partial charge in [0.05, 0.1) is 0 Å². The summed E-state index contributed by atoms with van der Waals surface area (Å²) in [6, 6.07) is 8.81. The summed E-state index contributed by atoms with van der Waals surface area (Å²) in [4.78, 5) is 13.9. The highest BCUT2D eigenvalue weighted by Gasteiger charge is 2.16. The summed E-state index contributed by atoms with van der Waals surface area (Å²) >= 11 is 0. The third-order valence-electron chi connectivity index (χ3n) is 3.92. The van der Waals surface area contributed by atoms with E-state index in [9.17, 15) is 4.79 Å². The maximum atomic E-state index is 11.9. The molecular weight excluding hydrogens is 248 g/mol. The maximum Gasteiger partial charge on any atom is 0.223 e. The summed E-state index contributed by atoms with van der Waals surface area (Å²) in [5.41, 5.74) is 2.87. The van der Waals surface area contributed by atoms with Crippen molar-refractivity contribution >= 4 is 5.91 Å². The Hall–Kier alpha value is -1.35. The zero-order chi connectivity index (χ0) is 14.6. The SMILES string of the molecule is CC(C)(C)c1ccc(CCN2CCNCCC2=O)cc1. The summed E-state index contributed by atoms with van der Waals surface area (Å²) in [6.45, 7) is 10.1. The van der Waals surface area contributed by atoms with Crippen LogP contribution < -0.4 is 5.32 Å². The molecule has 0 atom stereocenters. The number of nitrogens with zero attached hydrogens (tertiary/aromatic N) is 1. The minimum atomic E-state index is 0.199. The second-order valence-corrected chi connectivity index (χ2v) is 6.58. The maximum absolute atomic E-state index is 11.9. The van der Waals surface area contributed by atoms with Crippen LogP contribution in [0, 0.1) is 0 Å². The van der Waals surface area contributed by atoms with Gasteiger partial charge in [-0.25, -0.2) is 0 Å². The number of amides is 1. The van der Waals surface area contributed by atoms with Crippen molar-refractivity contribution in [1.29, 1.82) is 0 Å². The third kappa shape index (κ3) is 4.07. The molecule has 110 valence electrons. The number of benzene rings is 1. The topological polar surface area (TPSA) is 32.3 Å². The van der Waals surface area contributed by atoms with Crippen LogP contribution in [0.2, 0.25) is 0 Å². The molecule has 0 saturated carbocycles. The quantitative estimate of drug-likeness (QED) is 0.917. The fraction of sp³-hybridized carbons (Fsp3) is 0.588. The van der Waals surface area contributed by atoms with Crippen molar-refractivity contribution in [2.24, 2.45) is 0 Å². The summed E-state index contributed by atoms with van der Waals surface area (Å²) in [5.74, 6) is 0.279. The van der Waals surface area contributed by atoms with Crippen LogP contribution in [0.25, 0.3) is 0 Å². The van der Waals surface area contributed by atoms with Gasteiger partial charge in [-0.05, 0) is 23.0 Å². The number of nitrogens with one attached hydrogen (secondary N) is 1. The minimum Gasteiger partial charge on any atom is -0.341 e. The molecule has 0 bridgehead atoms. The Morgan fingerprint density at radius 1 is 1.15 bits per heavy atom. The van der Waals surface area contributed by atoms with Crippen LogP contribution in [0.1, 0.15) is 38.3 Å². The number of carbonyl (C=O) groups is 1. The molecular formula is C17H26N2O. The molecule has 20 heavy (non-hydrogen) atoms. The van der Waals surface area contributed by atoms with Crippen LogP contribution in [-0.4, -0.2) is 37.0 Å². The van der Waals surface area contributed by atoms with Gasteiger partial charge in [-0.3, -0.25) is 4.79 Å². The molecule has 1 aromatic rings. The first kappa shape index (κ1) is 15.0. The van der Waals surface area contributed by atoms with Crippen molar-refractivity contribution in [2.75, 3.05) is 26.2 Å². The highest BCUT2D eigenvalue weighted by atomic mass is 16.2. The Balaban J connectivity index is 1.92. The second-order valence-electron chi connectivity index (χ2n) is 6.58. The minimum absolute atomic E-state index is 0.199. The van der Waals surface area contributed by atoms with Crippen LogP contribution in [-0.2, 0) is 16.6 Å². The van der Waals surface area contributed by atoms with Crippen LogP contribution in [0.15, 0.2) is 24.3 Å². The van der Waals surface area contributed by atoms with E-state index in [-0.39, 0.29) is 11.3 Å². The van der Waals surface area contributed by atoms with Gasteiger partial charge in [0, 0.05) is 32.6 Å². The number of carbonyl (C=O) groups excluding carboxylic acids is 1. The molecule has 3 nitrogen and oxygen atoms in total. The lowest BCUT2D eigenvalue weighted by molar-refractivity contribution is -0.130. The average molecular weight is 274 g/mol. The van der Waals surface area contributed by atoms with Gasteiger partial charge in [-0.15, -0.1) is 0 Å². The lowest BCUT2D eigenvalue weighted by Crippen LogP contribution is -2.34. The van der Waals surface area contributed by atoms with E-state index >= 15 is 0 Å². The predicted molar refractivity (Wildman–Crippen MR) is 82.9 cm³/mol. The van der Waals surface area contributed by atoms with Crippen molar-refractivity contribution in [3.8, 4) is 0 Å². The van der Waals surface area contributed by atoms with E-state index in [2.05, 4.69) is 50.4 Å². The zero-order valence-electron chi connectivity index (χ0n) is 12.9. The highest BCUT2D eigenvalue weighted by Crippen LogP contribution is 2.22. The molecule has 1 N–H and O–H groups in total. The van der Waals surface area contributed by atoms with Crippen molar-refractivity contribution in [3.05, 3.63) is 35.4 Å². The standard InChI is InChI=1S/C17H26N2O/c1-17(2,3)15-6-4-14(5-7-15)9-12-19-13-11-18-10-8-16(19)20/h4-7,18H,8-13H2,1-3H3. The van der Waals surface area contributed by atoms with E-state index in [4.69, 9.17) is 0 Å². The van der Waals surface area contributed by atoms with Crippen LogP contribution >= 0.6 is 0 Å². The lowest BCUT2D eigenvalue weighted by Gasteiger charge is -2.21. The van der Waals surface area contributed by atoms with Crippen molar-refractivity contribution in [1.82, 2.24) is 10.2 Å². The summed E-state index contributed by atoms with van der Waals surface area (Å²) in [5, 5.41) is 3.27. The van der Waals surface area contributed by atoms with Crippen molar-refractivity contribution < 1.29 is 4.79 Å². The smallest absolute Gasteiger partial charge is 0.223 e. The molecule has 1 amide bonds. The summed E-state index contributed by atoms with van der Waals surface area (Å²) in [6.07, 6.45) is 1.57. The Morgan fingerprint density at radius 2 is 1.85 bits per heavy atom. The molecule has 1 saturated heterocycles. The van der Waals surface area contributed by atoms with Gasteiger partial charge < -0.3 is 10.2 Å².